The third kappa shape index (κ3) is 3.58. The lowest BCUT2D eigenvalue weighted by Gasteiger charge is -2.34. The SMILES string of the molecule is CCC#CCSC1C=CC=CN1[O-]. The number of thioether (sulfide) groups is 1. The van der Waals surface area contributed by atoms with Gasteiger partial charge in [-0.3, -0.25) is 0 Å². The number of hydroxylamine groups is 2. The molecule has 0 spiro atoms. The van der Waals surface area contributed by atoms with Crippen molar-refractivity contribution < 1.29 is 0 Å². The van der Waals surface area contributed by atoms with Gasteiger partial charge in [-0.2, -0.15) is 0 Å². The van der Waals surface area contributed by atoms with Crippen molar-refractivity contribution in [2.45, 2.75) is 18.7 Å². The molecule has 2 nitrogen and oxygen atoms in total. The second kappa shape index (κ2) is 5.74. The Hall–Kier alpha value is -0.850. The Labute approximate surface area is 83.3 Å². The fraction of sp³-hybridized carbons (Fsp3) is 0.400. The van der Waals surface area contributed by atoms with E-state index >= 15 is 0 Å². The van der Waals surface area contributed by atoms with Crippen LogP contribution in [0, 0.1) is 17.0 Å². The molecule has 0 saturated carbocycles. The fourth-order valence-corrected chi connectivity index (χ4v) is 1.67. The predicted octanol–water partition coefficient (Wildman–Crippen LogP) is 2.34. The van der Waals surface area contributed by atoms with E-state index in [2.05, 4.69) is 11.8 Å². The number of nitrogens with zero attached hydrogens (tertiary/aromatic N) is 1. The van der Waals surface area contributed by atoms with Crippen LogP contribution in [-0.2, 0) is 0 Å². The second-order valence-corrected chi connectivity index (χ2v) is 3.60. The van der Waals surface area contributed by atoms with Crippen molar-refractivity contribution in [3.8, 4) is 11.8 Å². The van der Waals surface area contributed by atoms with Crippen LogP contribution in [0.15, 0.2) is 24.4 Å². The first-order valence-electron chi connectivity index (χ1n) is 4.22. The van der Waals surface area contributed by atoms with Crippen LogP contribution in [0.25, 0.3) is 0 Å². The summed E-state index contributed by atoms with van der Waals surface area (Å²) in [4.78, 5) is 0. The maximum absolute atomic E-state index is 11.2. The standard InChI is InChI=1S/C10H12NOS/c1-2-3-6-9-13-10-7-4-5-8-11(10)12/h4-5,7-8,10H,2,9H2,1H3/q-1. The Bertz CT molecular complexity index is 262. The van der Waals surface area contributed by atoms with Crippen molar-refractivity contribution in [2.24, 2.45) is 0 Å². The Morgan fingerprint density at radius 2 is 2.31 bits per heavy atom. The summed E-state index contributed by atoms with van der Waals surface area (Å²) in [5.74, 6) is 6.68. The van der Waals surface area contributed by atoms with E-state index in [0.29, 0.717) is 0 Å². The molecule has 13 heavy (non-hydrogen) atoms. The summed E-state index contributed by atoms with van der Waals surface area (Å²) >= 11 is 1.55. The summed E-state index contributed by atoms with van der Waals surface area (Å²) in [6.07, 6.45) is 7.92. The average molecular weight is 194 g/mol. The van der Waals surface area contributed by atoms with Crippen molar-refractivity contribution >= 4 is 11.8 Å². The zero-order chi connectivity index (χ0) is 9.52. The largest absolute Gasteiger partial charge is 0.758 e. The van der Waals surface area contributed by atoms with Gasteiger partial charge in [0.2, 0.25) is 0 Å². The van der Waals surface area contributed by atoms with E-state index in [4.69, 9.17) is 0 Å². The maximum Gasteiger partial charge on any atom is 0.0841 e. The summed E-state index contributed by atoms with van der Waals surface area (Å²) in [5.41, 5.74) is 0. The fourth-order valence-electron chi connectivity index (χ4n) is 0.895. The van der Waals surface area contributed by atoms with E-state index in [1.54, 1.807) is 17.8 Å². The van der Waals surface area contributed by atoms with Crippen molar-refractivity contribution in [3.05, 3.63) is 29.6 Å². The average Bonchev–Trinajstić information content (AvgIpc) is 2.15. The normalized spacial score (nSPS) is 19.8. The van der Waals surface area contributed by atoms with Gasteiger partial charge in [0.15, 0.2) is 0 Å². The van der Waals surface area contributed by atoms with E-state index < -0.39 is 0 Å². The van der Waals surface area contributed by atoms with Crippen LogP contribution < -0.4 is 0 Å². The second-order valence-electron chi connectivity index (χ2n) is 2.49. The lowest BCUT2D eigenvalue weighted by atomic mass is 10.4. The Balaban J connectivity index is 2.29. The molecule has 70 valence electrons. The minimum atomic E-state index is -0.101. The van der Waals surface area contributed by atoms with Gasteiger partial charge in [-0.25, -0.2) is 0 Å². The van der Waals surface area contributed by atoms with Crippen LogP contribution in [-0.4, -0.2) is 16.2 Å². The van der Waals surface area contributed by atoms with E-state index in [1.165, 1.54) is 6.20 Å². The van der Waals surface area contributed by atoms with E-state index in [0.717, 1.165) is 17.2 Å². The quantitative estimate of drug-likeness (QED) is 0.631. The Morgan fingerprint density at radius 1 is 1.46 bits per heavy atom. The van der Waals surface area contributed by atoms with Crippen LogP contribution >= 0.6 is 11.8 Å². The molecule has 0 radical (unpaired) electrons. The van der Waals surface area contributed by atoms with Crippen LogP contribution in [0.1, 0.15) is 13.3 Å². The molecule has 1 heterocycles. The Kier molecular flexibility index (Phi) is 4.52. The van der Waals surface area contributed by atoms with Gasteiger partial charge in [0.1, 0.15) is 0 Å². The molecule has 0 aromatic rings. The topological polar surface area (TPSA) is 26.3 Å². The van der Waals surface area contributed by atoms with Gasteiger partial charge >= 0.3 is 0 Å². The lowest BCUT2D eigenvalue weighted by Crippen LogP contribution is -2.21. The number of rotatable bonds is 2. The molecule has 0 aromatic heterocycles. The lowest BCUT2D eigenvalue weighted by molar-refractivity contribution is 0.529. The van der Waals surface area contributed by atoms with E-state index in [-0.39, 0.29) is 5.37 Å². The molecule has 0 amide bonds. The molecule has 0 fully saturated rings. The van der Waals surface area contributed by atoms with Gasteiger partial charge in [-0.15, -0.1) is 17.7 Å². The molecule has 1 rings (SSSR count). The van der Waals surface area contributed by atoms with Gasteiger partial charge in [-0.1, -0.05) is 25.0 Å². The monoisotopic (exact) mass is 194 g/mol. The summed E-state index contributed by atoms with van der Waals surface area (Å²) in [7, 11) is 0. The summed E-state index contributed by atoms with van der Waals surface area (Å²) < 4.78 is 0. The first-order chi connectivity index (χ1) is 6.34. The minimum Gasteiger partial charge on any atom is -0.758 e. The van der Waals surface area contributed by atoms with Gasteiger partial charge in [0.25, 0.3) is 0 Å². The van der Waals surface area contributed by atoms with Crippen molar-refractivity contribution in [1.29, 1.82) is 0 Å². The van der Waals surface area contributed by atoms with Crippen molar-refractivity contribution in [1.82, 2.24) is 5.06 Å². The van der Waals surface area contributed by atoms with Crippen LogP contribution in [0.3, 0.4) is 0 Å². The third-order valence-electron chi connectivity index (χ3n) is 1.50. The molecule has 0 aromatic carbocycles. The first kappa shape index (κ1) is 10.2. The highest BCUT2D eigenvalue weighted by Crippen LogP contribution is 2.18. The minimum absolute atomic E-state index is 0.101. The molecule has 1 aliphatic rings. The Morgan fingerprint density at radius 3 is 3.00 bits per heavy atom. The highest BCUT2D eigenvalue weighted by atomic mass is 32.2. The molecule has 0 saturated heterocycles. The summed E-state index contributed by atoms with van der Waals surface area (Å²) in [6, 6.07) is 0. The van der Waals surface area contributed by atoms with Gasteiger partial charge in [-0.05, 0) is 12.3 Å². The molecule has 0 bridgehead atoms. The highest BCUT2D eigenvalue weighted by Gasteiger charge is 2.05. The van der Waals surface area contributed by atoms with Crippen LogP contribution in [0.5, 0.6) is 0 Å². The highest BCUT2D eigenvalue weighted by molar-refractivity contribution is 8.00. The molecule has 1 unspecified atom stereocenters. The summed E-state index contributed by atoms with van der Waals surface area (Å²) in [6.45, 7) is 2.01. The zero-order valence-corrected chi connectivity index (χ0v) is 8.38. The first-order valence-corrected chi connectivity index (χ1v) is 5.27. The smallest absolute Gasteiger partial charge is 0.0841 e. The van der Waals surface area contributed by atoms with Gasteiger partial charge in [0.05, 0.1) is 11.1 Å². The molecular formula is C10H12NOS-. The molecule has 1 atom stereocenters. The predicted molar refractivity (Wildman–Crippen MR) is 57.8 cm³/mol. The number of hydrogen-bond donors (Lipinski definition) is 0. The number of allylic oxidation sites excluding steroid dienone is 2. The number of hydrogen-bond acceptors (Lipinski definition) is 3. The molecule has 3 heteroatoms. The third-order valence-corrected chi connectivity index (χ3v) is 2.52. The van der Waals surface area contributed by atoms with Gasteiger partial charge < -0.3 is 10.3 Å². The maximum atomic E-state index is 11.2. The molecule has 1 aliphatic heterocycles. The van der Waals surface area contributed by atoms with Gasteiger partial charge in [0, 0.05) is 6.42 Å². The van der Waals surface area contributed by atoms with E-state index in [9.17, 15) is 5.21 Å². The van der Waals surface area contributed by atoms with Crippen LogP contribution in [0.2, 0.25) is 0 Å². The van der Waals surface area contributed by atoms with Crippen molar-refractivity contribution in [3.63, 3.8) is 0 Å². The molecule has 0 N–H and O–H groups in total. The van der Waals surface area contributed by atoms with E-state index in [1.807, 2.05) is 19.1 Å². The summed E-state index contributed by atoms with van der Waals surface area (Å²) in [5, 5.41) is 12.0. The zero-order valence-electron chi connectivity index (χ0n) is 7.56. The molecular weight excluding hydrogens is 182 g/mol. The van der Waals surface area contributed by atoms with Crippen molar-refractivity contribution in [2.75, 3.05) is 5.75 Å². The van der Waals surface area contributed by atoms with Crippen LogP contribution in [0.4, 0.5) is 0 Å². The molecule has 0 aliphatic carbocycles.